The van der Waals surface area contributed by atoms with Gasteiger partial charge in [0.15, 0.2) is 0 Å². The number of nitrogens with zero attached hydrogens (tertiary/aromatic N) is 1. The Hall–Kier alpha value is 0.0900. The van der Waals surface area contributed by atoms with E-state index in [1.807, 2.05) is 20.8 Å². The Kier molecular flexibility index (Phi) is 5.03. The van der Waals surface area contributed by atoms with Crippen LogP contribution in [0.15, 0.2) is 32.0 Å². The first kappa shape index (κ1) is 16.1. The van der Waals surface area contributed by atoms with Gasteiger partial charge in [-0.3, -0.25) is 0 Å². The molecule has 1 aromatic carbocycles. The molecule has 0 atom stereocenters. The number of hydrogen-bond acceptors (Lipinski definition) is 2. The lowest BCUT2D eigenvalue weighted by atomic mass is 9.97. The highest BCUT2D eigenvalue weighted by Gasteiger charge is 2.26. The van der Waals surface area contributed by atoms with Crippen molar-refractivity contribution >= 4 is 41.9 Å². The summed E-state index contributed by atoms with van der Waals surface area (Å²) in [6, 6.07) is 5.06. The molecule has 6 heteroatoms. The molecule has 0 N–H and O–H groups in total. The van der Waals surface area contributed by atoms with Crippen LogP contribution in [0.5, 0.6) is 0 Å². The van der Waals surface area contributed by atoms with Gasteiger partial charge in [-0.15, -0.1) is 0 Å². The highest BCUT2D eigenvalue weighted by Crippen LogP contribution is 2.29. The van der Waals surface area contributed by atoms with Crippen LogP contribution < -0.4 is 0 Å². The first-order chi connectivity index (χ1) is 8.04. The molecule has 0 saturated carbocycles. The van der Waals surface area contributed by atoms with E-state index in [1.165, 1.54) is 4.31 Å². The quantitative estimate of drug-likeness (QED) is 0.774. The van der Waals surface area contributed by atoms with Gasteiger partial charge in [-0.2, -0.15) is 0 Å². The minimum Gasteiger partial charge on any atom is -0.207 e. The van der Waals surface area contributed by atoms with Crippen molar-refractivity contribution in [3.63, 3.8) is 0 Å². The summed E-state index contributed by atoms with van der Waals surface area (Å²) in [6.45, 7) is 6.50. The molecular weight excluding hydrogens is 382 g/mol. The minimum atomic E-state index is -3.45. The predicted molar refractivity (Wildman–Crippen MR) is 81.1 cm³/mol. The van der Waals surface area contributed by atoms with Gasteiger partial charge < -0.3 is 0 Å². The third kappa shape index (κ3) is 4.05. The highest BCUT2D eigenvalue weighted by molar-refractivity contribution is 9.11. The fourth-order valence-corrected chi connectivity index (χ4v) is 4.70. The molecule has 0 aromatic heterocycles. The zero-order valence-corrected chi connectivity index (χ0v) is 14.9. The Balaban J connectivity index is 3.14. The lowest BCUT2D eigenvalue weighted by Crippen LogP contribution is -2.34. The molecule has 0 unspecified atom stereocenters. The molecule has 18 heavy (non-hydrogen) atoms. The van der Waals surface area contributed by atoms with Crippen LogP contribution in [0.1, 0.15) is 20.8 Å². The number of sulfonamides is 1. The molecule has 0 fully saturated rings. The van der Waals surface area contributed by atoms with Crippen LogP contribution in [0.2, 0.25) is 0 Å². The number of rotatable bonds is 3. The van der Waals surface area contributed by atoms with Gasteiger partial charge in [0.2, 0.25) is 10.0 Å². The average molecular weight is 399 g/mol. The average Bonchev–Trinajstić information content (AvgIpc) is 2.13. The minimum absolute atomic E-state index is 0.0797. The molecular formula is C12H17Br2NO2S. The van der Waals surface area contributed by atoms with Crippen molar-refractivity contribution in [1.82, 2.24) is 4.31 Å². The molecule has 0 heterocycles. The summed E-state index contributed by atoms with van der Waals surface area (Å²) < 4.78 is 27.6. The van der Waals surface area contributed by atoms with E-state index in [2.05, 4.69) is 31.9 Å². The van der Waals surface area contributed by atoms with Crippen LogP contribution in [0.4, 0.5) is 0 Å². The van der Waals surface area contributed by atoms with E-state index in [1.54, 1.807) is 25.2 Å². The maximum absolute atomic E-state index is 12.4. The van der Waals surface area contributed by atoms with Crippen molar-refractivity contribution in [2.45, 2.75) is 25.7 Å². The summed E-state index contributed by atoms with van der Waals surface area (Å²) in [7, 11) is -1.85. The predicted octanol–water partition coefficient (Wildman–Crippen LogP) is 3.88. The van der Waals surface area contributed by atoms with Gasteiger partial charge in [0, 0.05) is 22.5 Å². The fraction of sp³-hybridized carbons (Fsp3) is 0.500. The van der Waals surface area contributed by atoms with E-state index in [4.69, 9.17) is 0 Å². The van der Waals surface area contributed by atoms with E-state index in [0.717, 1.165) is 4.47 Å². The number of benzene rings is 1. The van der Waals surface area contributed by atoms with E-state index < -0.39 is 10.0 Å². The second-order valence-corrected chi connectivity index (χ2v) is 9.18. The number of halogens is 2. The van der Waals surface area contributed by atoms with Crippen molar-refractivity contribution in [1.29, 1.82) is 0 Å². The van der Waals surface area contributed by atoms with Crippen LogP contribution in [-0.4, -0.2) is 26.3 Å². The molecule has 0 bridgehead atoms. The molecule has 0 amide bonds. The number of hydrogen-bond donors (Lipinski definition) is 0. The lowest BCUT2D eigenvalue weighted by molar-refractivity contribution is 0.310. The van der Waals surface area contributed by atoms with Gasteiger partial charge >= 0.3 is 0 Å². The zero-order valence-electron chi connectivity index (χ0n) is 10.9. The van der Waals surface area contributed by atoms with E-state index in [9.17, 15) is 8.42 Å². The topological polar surface area (TPSA) is 37.4 Å². The van der Waals surface area contributed by atoms with Crippen molar-refractivity contribution in [3.05, 3.63) is 27.1 Å². The van der Waals surface area contributed by atoms with Crippen molar-refractivity contribution < 1.29 is 8.42 Å². The van der Waals surface area contributed by atoms with E-state index >= 15 is 0 Å². The fourth-order valence-electron chi connectivity index (χ4n) is 1.61. The molecule has 0 saturated heterocycles. The summed E-state index contributed by atoms with van der Waals surface area (Å²) in [6.07, 6.45) is 0. The standard InChI is InChI=1S/C12H17Br2NO2S/c1-12(2,3)8-15(4)18(16,17)11-6-5-9(13)7-10(11)14/h5-7H,8H2,1-4H3. The summed E-state index contributed by atoms with van der Waals surface area (Å²) in [5.74, 6) is 0. The highest BCUT2D eigenvalue weighted by atomic mass is 79.9. The second-order valence-electron chi connectivity index (χ2n) is 5.40. The summed E-state index contributed by atoms with van der Waals surface area (Å²) in [4.78, 5) is 0.289. The van der Waals surface area contributed by atoms with Crippen LogP contribution >= 0.6 is 31.9 Å². The Morgan fingerprint density at radius 2 is 1.78 bits per heavy atom. The molecule has 0 radical (unpaired) electrons. The van der Waals surface area contributed by atoms with Gasteiger partial charge in [0.05, 0.1) is 4.90 Å². The lowest BCUT2D eigenvalue weighted by Gasteiger charge is -2.26. The van der Waals surface area contributed by atoms with Gasteiger partial charge in [-0.1, -0.05) is 36.7 Å². The van der Waals surface area contributed by atoms with Crippen molar-refractivity contribution in [2.24, 2.45) is 5.41 Å². The summed E-state index contributed by atoms with van der Waals surface area (Å²) in [5.41, 5.74) is -0.0797. The second kappa shape index (κ2) is 5.61. The third-order valence-corrected chi connectivity index (χ3v) is 5.55. The zero-order chi connectivity index (χ0) is 14.1. The molecule has 0 aliphatic heterocycles. The summed E-state index contributed by atoms with van der Waals surface area (Å²) in [5, 5.41) is 0. The van der Waals surface area contributed by atoms with Crippen LogP contribution in [-0.2, 0) is 10.0 Å². The van der Waals surface area contributed by atoms with E-state index in [0.29, 0.717) is 11.0 Å². The first-order valence-corrected chi connectivity index (χ1v) is 8.48. The van der Waals surface area contributed by atoms with Gasteiger partial charge in [0.25, 0.3) is 0 Å². The maximum Gasteiger partial charge on any atom is 0.243 e. The molecule has 1 rings (SSSR count). The van der Waals surface area contributed by atoms with Crippen LogP contribution in [0, 0.1) is 5.41 Å². The Morgan fingerprint density at radius 3 is 2.22 bits per heavy atom. The van der Waals surface area contributed by atoms with Gasteiger partial charge in [-0.25, -0.2) is 12.7 Å². The Labute approximate surface area is 126 Å². The molecule has 3 nitrogen and oxygen atoms in total. The third-order valence-electron chi connectivity index (χ3n) is 2.28. The molecule has 0 aliphatic carbocycles. The van der Waals surface area contributed by atoms with Crippen molar-refractivity contribution in [3.8, 4) is 0 Å². The van der Waals surface area contributed by atoms with Gasteiger partial charge in [-0.05, 0) is 39.5 Å². The van der Waals surface area contributed by atoms with Crippen LogP contribution in [0.25, 0.3) is 0 Å². The first-order valence-electron chi connectivity index (χ1n) is 5.45. The SMILES string of the molecule is CN(CC(C)(C)C)S(=O)(=O)c1ccc(Br)cc1Br. The monoisotopic (exact) mass is 397 g/mol. The maximum atomic E-state index is 12.4. The summed E-state index contributed by atoms with van der Waals surface area (Å²) >= 11 is 6.61. The van der Waals surface area contributed by atoms with Gasteiger partial charge in [0.1, 0.15) is 0 Å². The van der Waals surface area contributed by atoms with E-state index in [-0.39, 0.29) is 10.3 Å². The normalized spacial score (nSPS) is 13.1. The van der Waals surface area contributed by atoms with Crippen molar-refractivity contribution in [2.75, 3.05) is 13.6 Å². The van der Waals surface area contributed by atoms with Crippen LogP contribution in [0.3, 0.4) is 0 Å². The molecule has 0 aliphatic rings. The Bertz CT molecular complexity index is 535. The Morgan fingerprint density at radius 1 is 1.22 bits per heavy atom. The molecule has 102 valence electrons. The molecule has 1 aromatic rings. The smallest absolute Gasteiger partial charge is 0.207 e. The largest absolute Gasteiger partial charge is 0.243 e. The molecule has 0 spiro atoms.